The van der Waals surface area contributed by atoms with E-state index < -0.39 is 27.6 Å². The molecule has 2 aromatic rings. The van der Waals surface area contributed by atoms with Gasteiger partial charge in [-0.2, -0.15) is 4.31 Å². The van der Waals surface area contributed by atoms with E-state index in [1.807, 2.05) is 0 Å². The number of halogens is 3. The Labute approximate surface area is 168 Å². The van der Waals surface area contributed by atoms with Crippen LogP contribution in [0.25, 0.3) is 0 Å². The zero-order valence-corrected chi connectivity index (χ0v) is 17.1. The van der Waals surface area contributed by atoms with Crippen molar-refractivity contribution in [3.05, 3.63) is 64.2 Å². The smallest absolute Gasteiger partial charge is 0.251 e. The van der Waals surface area contributed by atoms with E-state index in [9.17, 15) is 22.0 Å². The molecule has 28 heavy (non-hydrogen) atoms. The van der Waals surface area contributed by atoms with Crippen molar-refractivity contribution < 1.29 is 22.0 Å². The Morgan fingerprint density at radius 1 is 1.07 bits per heavy atom. The molecule has 0 saturated carbocycles. The summed E-state index contributed by atoms with van der Waals surface area (Å²) in [6, 6.07) is 7.15. The molecule has 0 saturated heterocycles. The van der Waals surface area contributed by atoms with Crippen molar-refractivity contribution in [2.24, 2.45) is 0 Å². The monoisotopic (exact) mass is 430 g/mol. The van der Waals surface area contributed by atoms with E-state index in [0.717, 1.165) is 6.07 Å². The van der Waals surface area contributed by atoms with Gasteiger partial charge in [0.15, 0.2) is 0 Å². The van der Waals surface area contributed by atoms with Gasteiger partial charge >= 0.3 is 0 Å². The molecule has 0 fully saturated rings. The molecule has 0 bridgehead atoms. The van der Waals surface area contributed by atoms with Crippen LogP contribution in [0, 0.1) is 11.6 Å². The highest BCUT2D eigenvalue weighted by molar-refractivity contribution is 7.89. The molecule has 9 heteroatoms. The van der Waals surface area contributed by atoms with Gasteiger partial charge < -0.3 is 5.32 Å². The predicted molar refractivity (Wildman–Crippen MR) is 104 cm³/mol. The lowest BCUT2D eigenvalue weighted by Crippen LogP contribution is -2.31. The zero-order valence-electron chi connectivity index (χ0n) is 15.5. The molecule has 0 aliphatic carbocycles. The lowest BCUT2D eigenvalue weighted by molar-refractivity contribution is 0.0954. The predicted octanol–water partition coefficient (Wildman–Crippen LogP) is 3.62. The number of hydrogen-bond acceptors (Lipinski definition) is 3. The fraction of sp³-hybridized carbons (Fsp3) is 0.316. The van der Waals surface area contributed by atoms with Crippen LogP contribution < -0.4 is 5.32 Å². The highest BCUT2D eigenvalue weighted by Crippen LogP contribution is 2.26. The molecule has 2 rings (SSSR count). The van der Waals surface area contributed by atoms with Gasteiger partial charge in [-0.05, 0) is 42.3 Å². The summed E-state index contributed by atoms with van der Waals surface area (Å²) < 4.78 is 53.0. The molecule has 0 spiro atoms. The van der Waals surface area contributed by atoms with Gasteiger partial charge in [-0.15, -0.1) is 0 Å². The van der Waals surface area contributed by atoms with Crippen molar-refractivity contribution in [2.45, 2.75) is 25.2 Å². The minimum Gasteiger partial charge on any atom is -0.352 e. The summed E-state index contributed by atoms with van der Waals surface area (Å²) in [6.07, 6.45) is 0.221. The first kappa shape index (κ1) is 22.3. The fourth-order valence-electron chi connectivity index (χ4n) is 2.72. The Bertz CT molecular complexity index is 943. The van der Waals surface area contributed by atoms with E-state index in [0.29, 0.717) is 5.56 Å². The molecule has 0 heterocycles. The standard InChI is InChI=1S/C19H21ClF2N2O3S/c1-3-24(4-2)28(26,27)18-11-14(5-6-17(18)20)19(25)23-8-7-13-9-15(21)12-16(22)10-13/h5-6,9-12H,3-4,7-8H2,1-2H3,(H,23,25). The summed E-state index contributed by atoms with van der Waals surface area (Å²) in [5, 5.41) is 2.63. The lowest BCUT2D eigenvalue weighted by Gasteiger charge is -2.19. The maximum Gasteiger partial charge on any atom is 0.251 e. The number of carbonyl (C=O) groups is 1. The summed E-state index contributed by atoms with van der Waals surface area (Å²) in [4.78, 5) is 12.2. The van der Waals surface area contributed by atoms with Gasteiger partial charge in [0.05, 0.1) is 5.02 Å². The largest absolute Gasteiger partial charge is 0.352 e. The van der Waals surface area contributed by atoms with Crippen LogP contribution in [0.3, 0.4) is 0 Å². The lowest BCUT2D eigenvalue weighted by atomic mass is 10.1. The second-order valence-corrected chi connectivity index (χ2v) is 8.33. The Hall–Kier alpha value is -2.03. The Balaban J connectivity index is 2.14. The molecule has 1 N–H and O–H groups in total. The second-order valence-electron chi connectivity index (χ2n) is 6.02. The molecule has 0 radical (unpaired) electrons. The number of benzene rings is 2. The van der Waals surface area contributed by atoms with E-state index in [4.69, 9.17) is 11.6 Å². The molecule has 152 valence electrons. The van der Waals surface area contributed by atoms with Gasteiger partial charge in [-0.3, -0.25) is 4.79 Å². The first-order valence-electron chi connectivity index (χ1n) is 8.71. The molecule has 2 aromatic carbocycles. The first-order chi connectivity index (χ1) is 13.2. The third-order valence-electron chi connectivity index (χ3n) is 4.14. The third-order valence-corrected chi connectivity index (χ3v) is 6.67. The highest BCUT2D eigenvalue weighted by Gasteiger charge is 2.25. The summed E-state index contributed by atoms with van der Waals surface area (Å²) in [6.45, 7) is 4.09. The summed E-state index contributed by atoms with van der Waals surface area (Å²) in [5.41, 5.74) is 0.527. The Kier molecular flexibility index (Phi) is 7.51. The molecule has 0 aliphatic heterocycles. The minimum atomic E-state index is -3.82. The van der Waals surface area contributed by atoms with Gasteiger partial charge in [0.25, 0.3) is 5.91 Å². The van der Waals surface area contributed by atoms with Crippen molar-refractivity contribution >= 4 is 27.5 Å². The van der Waals surface area contributed by atoms with Gasteiger partial charge in [0.1, 0.15) is 16.5 Å². The Morgan fingerprint density at radius 3 is 2.25 bits per heavy atom. The van der Waals surface area contributed by atoms with Crippen LogP contribution in [0.2, 0.25) is 5.02 Å². The molecular formula is C19H21ClF2N2O3S. The topological polar surface area (TPSA) is 66.5 Å². The van der Waals surface area contributed by atoms with Gasteiger partial charge in [-0.1, -0.05) is 25.4 Å². The number of rotatable bonds is 8. The van der Waals surface area contributed by atoms with Crippen LogP contribution in [0.1, 0.15) is 29.8 Å². The SMILES string of the molecule is CCN(CC)S(=O)(=O)c1cc(C(=O)NCCc2cc(F)cc(F)c2)ccc1Cl. The molecule has 0 aromatic heterocycles. The second kappa shape index (κ2) is 9.45. The third kappa shape index (κ3) is 5.27. The van der Waals surface area contributed by atoms with Crippen LogP contribution >= 0.6 is 11.6 Å². The summed E-state index contributed by atoms with van der Waals surface area (Å²) in [5.74, 6) is -1.89. The number of nitrogens with zero attached hydrogens (tertiary/aromatic N) is 1. The normalized spacial score (nSPS) is 11.6. The van der Waals surface area contributed by atoms with E-state index >= 15 is 0 Å². The number of carbonyl (C=O) groups excluding carboxylic acids is 1. The van der Waals surface area contributed by atoms with E-state index in [1.54, 1.807) is 13.8 Å². The molecular weight excluding hydrogens is 410 g/mol. The molecule has 0 unspecified atom stereocenters. The number of sulfonamides is 1. The van der Waals surface area contributed by atoms with E-state index in [2.05, 4.69) is 5.32 Å². The molecule has 0 atom stereocenters. The van der Waals surface area contributed by atoms with Gasteiger partial charge in [-0.25, -0.2) is 17.2 Å². The minimum absolute atomic E-state index is 0.0266. The van der Waals surface area contributed by atoms with E-state index in [-0.39, 0.29) is 41.5 Å². The zero-order chi connectivity index (χ0) is 20.9. The number of hydrogen-bond donors (Lipinski definition) is 1. The maximum atomic E-state index is 13.2. The van der Waals surface area contributed by atoms with Gasteiger partial charge in [0.2, 0.25) is 10.0 Å². The van der Waals surface area contributed by atoms with Crippen molar-refractivity contribution in [3.8, 4) is 0 Å². The van der Waals surface area contributed by atoms with E-state index in [1.165, 1.54) is 34.6 Å². The van der Waals surface area contributed by atoms with Crippen molar-refractivity contribution in [3.63, 3.8) is 0 Å². The fourth-order valence-corrected chi connectivity index (χ4v) is 4.68. The van der Waals surface area contributed by atoms with Crippen LogP contribution in [-0.2, 0) is 16.4 Å². The average molecular weight is 431 g/mol. The quantitative estimate of drug-likeness (QED) is 0.695. The first-order valence-corrected chi connectivity index (χ1v) is 10.5. The van der Waals surface area contributed by atoms with Crippen molar-refractivity contribution in [1.82, 2.24) is 9.62 Å². The van der Waals surface area contributed by atoms with Crippen molar-refractivity contribution in [1.29, 1.82) is 0 Å². The van der Waals surface area contributed by atoms with Crippen molar-refractivity contribution in [2.75, 3.05) is 19.6 Å². The van der Waals surface area contributed by atoms with Crippen LogP contribution in [0.15, 0.2) is 41.3 Å². The van der Waals surface area contributed by atoms with Crippen LogP contribution in [0.4, 0.5) is 8.78 Å². The average Bonchev–Trinajstić information content (AvgIpc) is 2.61. The highest BCUT2D eigenvalue weighted by atomic mass is 35.5. The number of nitrogens with one attached hydrogen (secondary N) is 1. The molecule has 1 amide bonds. The number of amides is 1. The summed E-state index contributed by atoms with van der Waals surface area (Å²) in [7, 11) is -3.82. The molecule has 0 aliphatic rings. The van der Waals surface area contributed by atoms with Crippen LogP contribution in [0.5, 0.6) is 0 Å². The molecule has 5 nitrogen and oxygen atoms in total. The van der Waals surface area contributed by atoms with Crippen LogP contribution in [-0.4, -0.2) is 38.3 Å². The summed E-state index contributed by atoms with van der Waals surface area (Å²) >= 11 is 6.05. The Morgan fingerprint density at radius 2 is 1.68 bits per heavy atom. The van der Waals surface area contributed by atoms with Gasteiger partial charge in [0, 0.05) is 31.3 Å². The maximum absolute atomic E-state index is 13.2.